The van der Waals surface area contributed by atoms with Crippen molar-refractivity contribution in [1.29, 1.82) is 0 Å². The SMILES string of the molecule is CN(C)CCNc1cnnc(Nc2ccc(OCc3ccc(Cl)cc3)cc2)n1. The molecule has 3 aromatic rings. The maximum absolute atomic E-state index is 5.89. The highest BCUT2D eigenvalue weighted by Crippen LogP contribution is 2.20. The molecule has 0 aliphatic heterocycles. The van der Waals surface area contributed by atoms with Crippen LogP contribution in [0.5, 0.6) is 5.75 Å². The van der Waals surface area contributed by atoms with Crippen molar-refractivity contribution in [3.05, 3.63) is 65.3 Å². The Balaban J connectivity index is 1.53. The Kier molecular flexibility index (Phi) is 7.00. The fourth-order valence-electron chi connectivity index (χ4n) is 2.36. The van der Waals surface area contributed by atoms with Crippen molar-refractivity contribution in [1.82, 2.24) is 20.1 Å². The number of hydrogen-bond donors (Lipinski definition) is 2. The largest absolute Gasteiger partial charge is 0.489 e. The molecule has 2 aromatic carbocycles. The Labute approximate surface area is 169 Å². The first-order chi connectivity index (χ1) is 13.6. The summed E-state index contributed by atoms with van der Waals surface area (Å²) in [5, 5.41) is 15.1. The van der Waals surface area contributed by atoms with Gasteiger partial charge in [-0.05, 0) is 56.1 Å². The number of benzene rings is 2. The summed E-state index contributed by atoms with van der Waals surface area (Å²) in [4.78, 5) is 6.51. The molecule has 0 bridgehead atoms. The molecule has 0 atom stereocenters. The summed E-state index contributed by atoms with van der Waals surface area (Å²) in [7, 11) is 4.05. The second-order valence-electron chi connectivity index (χ2n) is 6.46. The van der Waals surface area contributed by atoms with Crippen LogP contribution in [-0.2, 0) is 6.61 Å². The second kappa shape index (κ2) is 9.87. The van der Waals surface area contributed by atoms with Crippen LogP contribution in [0.25, 0.3) is 0 Å². The van der Waals surface area contributed by atoms with Crippen molar-refractivity contribution >= 4 is 29.1 Å². The number of rotatable bonds is 9. The van der Waals surface area contributed by atoms with Gasteiger partial charge in [0.25, 0.3) is 0 Å². The first kappa shape index (κ1) is 19.9. The van der Waals surface area contributed by atoms with E-state index in [2.05, 4.69) is 30.7 Å². The molecule has 146 valence electrons. The van der Waals surface area contributed by atoms with E-state index in [1.165, 1.54) is 0 Å². The number of hydrogen-bond acceptors (Lipinski definition) is 7. The van der Waals surface area contributed by atoms with Gasteiger partial charge in [-0.3, -0.25) is 0 Å². The maximum Gasteiger partial charge on any atom is 0.249 e. The molecule has 1 heterocycles. The van der Waals surface area contributed by atoms with Crippen molar-refractivity contribution in [2.45, 2.75) is 6.61 Å². The number of nitrogens with zero attached hydrogens (tertiary/aromatic N) is 4. The average molecular weight is 399 g/mol. The number of likely N-dealkylation sites (N-methyl/N-ethyl adjacent to an activating group) is 1. The zero-order valence-corrected chi connectivity index (χ0v) is 16.6. The Morgan fingerprint density at radius 3 is 2.50 bits per heavy atom. The predicted molar refractivity (Wildman–Crippen MR) is 112 cm³/mol. The first-order valence-corrected chi connectivity index (χ1v) is 9.29. The third-order valence-electron chi connectivity index (χ3n) is 3.85. The fourth-order valence-corrected chi connectivity index (χ4v) is 2.49. The quantitative estimate of drug-likeness (QED) is 0.567. The minimum Gasteiger partial charge on any atom is -0.489 e. The molecule has 0 unspecified atom stereocenters. The van der Waals surface area contributed by atoms with Gasteiger partial charge in [0.1, 0.15) is 12.4 Å². The third kappa shape index (κ3) is 6.37. The monoisotopic (exact) mass is 398 g/mol. The lowest BCUT2D eigenvalue weighted by atomic mass is 10.2. The van der Waals surface area contributed by atoms with Crippen LogP contribution in [-0.4, -0.2) is 47.3 Å². The van der Waals surface area contributed by atoms with Gasteiger partial charge in [0, 0.05) is 23.8 Å². The van der Waals surface area contributed by atoms with Gasteiger partial charge in [0.05, 0.1) is 6.20 Å². The standard InChI is InChI=1S/C20H23ClN6O/c1-27(2)12-11-22-19-13-23-26-20(25-19)24-17-7-9-18(10-8-17)28-14-15-3-5-16(21)6-4-15/h3-10,13H,11-12,14H2,1-2H3,(H2,22,24,25,26). The van der Waals surface area contributed by atoms with Crippen molar-refractivity contribution in [2.75, 3.05) is 37.8 Å². The Bertz CT molecular complexity index is 871. The second-order valence-corrected chi connectivity index (χ2v) is 6.90. The Hall–Kier alpha value is -2.90. The van der Waals surface area contributed by atoms with Crippen LogP contribution >= 0.6 is 11.6 Å². The highest BCUT2D eigenvalue weighted by atomic mass is 35.5. The molecule has 1 aromatic heterocycles. The summed E-state index contributed by atoms with van der Waals surface area (Å²) in [6, 6.07) is 15.2. The van der Waals surface area contributed by atoms with Crippen molar-refractivity contribution < 1.29 is 4.74 Å². The molecule has 0 saturated heterocycles. The van der Waals surface area contributed by atoms with E-state index < -0.39 is 0 Å². The summed E-state index contributed by atoms with van der Waals surface area (Å²) in [5.41, 5.74) is 1.91. The highest BCUT2D eigenvalue weighted by Gasteiger charge is 2.03. The van der Waals surface area contributed by atoms with Gasteiger partial charge in [0.15, 0.2) is 5.82 Å². The molecule has 0 aliphatic rings. The van der Waals surface area contributed by atoms with E-state index in [1.807, 2.05) is 62.6 Å². The molecule has 0 fully saturated rings. The topological polar surface area (TPSA) is 75.2 Å². The Morgan fingerprint density at radius 1 is 1.04 bits per heavy atom. The minimum absolute atomic E-state index is 0.435. The molecular formula is C20H23ClN6O. The lowest BCUT2D eigenvalue weighted by Gasteiger charge is -2.11. The molecule has 0 saturated carbocycles. The summed E-state index contributed by atoms with van der Waals surface area (Å²) in [6.45, 7) is 2.17. The van der Waals surface area contributed by atoms with E-state index >= 15 is 0 Å². The fraction of sp³-hybridized carbons (Fsp3) is 0.250. The van der Waals surface area contributed by atoms with Crippen LogP contribution in [0.4, 0.5) is 17.5 Å². The molecule has 0 amide bonds. The minimum atomic E-state index is 0.435. The number of anilines is 3. The summed E-state index contributed by atoms with van der Waals surface area (Å²) < 4.78 is 5.79. The molecule has 0 radical (unpaired) electrons. The molecule has 2 N–H and O–H groups in total. The lowest BCUT2D eigenvalue weighted by Crippen LogP contribution is -2.21. The maximum atomic E-state index is 5.89. The molecule has 3 rings (SSSR count). The number of nitrogens with one attached hydrogen (secondary N) is 2. The van der Waals surface area contributed by atoms with Crippen molar-refractivity contribution in [3.8, 4) is 5.75 Å². The normalized spacial score (nSPS) is 10.7. The van der Waals surface area contributed by atoms with E-state index in [1.54, 1.807) is 6.20 Å². The van der Waals surface area contributed by atoms with Crippen molar-refractivity contribution in [3.63, 3.8) is 0 Å². The van der Waals surface area contributed by atoms with Gasteiger partial charge < -0.3 is 20.3 Å². The summed E-state index contributed by atoms with van der Waals surface area (Å²) in [6.07, 6.45) is 1.61. The van der Waals surface area contributed by atoms with Crippen LogP contribution < -0.4 is 15.4 Å². The molecular weight excluding hydrogens is 376 g/mol. The highest BCUT2D eigenvalue weighted by molar-refractivity contribution is 6.30. The molecule has 8 heteroatoms. The van der Waals surface area contributed by atoms with Crippen LogP contribution in [0.1, 0.15) is 5.56 Å². The smallest absolute Gasteiger partial charge is 0.249 e. The van der Waals surface area contributed by atoms with E-state index in [4.69, 9.17) is 16.3 Å². The zero-order chi connectivity index (χ0) is 19.8. The number of halogens is 1. The molecule has 0 spiro atoms. The number of ether oxygens (including phenoxy) is 1. The van der Waals surface area contributed by atoms with Gasteiger partial charge in [0.2, 0.25) is 5.95 Å². The van der Waals surface area contributed by atoms with Gasteiger partial charge in [-0.15, -0.1) is 5.10 Å². The van der Waals surface area contributed by atoms with Crippen molar-refractivity contribution in [2.24, 2.45) is 0 Å². The summed E-state index contributed by atoms with van der Waals surface area (Å²) >= 11 is 5.89. The van der Waals surface area contributed by atoms with Crippen LogP contribution in [0, 0.1) is 0 Å². The first-order valence-electron chi connectivity index (χ1n) is 8.91. The number of aromatic nitrogens is 3. The van der Waals surface area contributed by atoms with E-state index in [0.29, 0.717) is 23.4 Å². The van der Waals surface area contributed by atoms with Gasteiger partial charge in [-0.25, -0.2) is 0 Å². The molecule has 0 aliphatic carbocycles. The average Bonchev–Trinajstić information content (AvgIpc) is 2.69. The molecule has 7 nitrogen and oxygen atoms in total. The van der Waals surface area contributed by atoms with Gasteiger partial charge in [-0.2, -0.15) is 10.1 Å². The summed E-state index contributed by atoms with van der Waals surface area (Å²) in [5.74, 6) is 1.89. The lowest BCUT2D eigenvalue weighted by molar-refractivity contribution is 0.306. The van der Waals surface area contributed by atoms with Crippen LogP contribution in [0.15, 0.2) is 54.7 Å². The van der Waals surface area contributed by atoms with Crippen LogP contribution in [0.3, 0.4) is 0 Å². The van der Waals surface area contributed by atoms with E-state index in [-0.39, 0.29) is 0 Å². The zero-order valence-electron chi connectivity index (χ0n) is 15.9. The predicted octanol–water partition coefficient (Wildman–Crippen LogP) is 3.82. The van der Waals surface area contributed by atoms with E-state index in [9.17, 15) is 0 Å². The van der Waals surface area contributed by atoms with Gasteiger partial charge in [-0.1, -0.05) is 23.7 Å². The molecule has 28 heavy (non-hydrogen) atoms. The van der Waals surface area contributed by atoms with Crippen LogP contribution in [0.2, 0.25) is 5.02 Å². The van der Waals surface area contributed by atoms with Gasteiger partial charge >= 0.3 is 0 Å². The third-order valence-corrected chi connectivity index (χ3v) is 4.11. The Morgan fingerprint density at radius 2 is 1.79 bits per heavy atom. The van der Waals surface area contributed by atoms with E-state index in [0.717, 1.165) is 30.1 Å².